The molecule has 2 aromatic rings. The van der Waals surface area contributed by atoms with Gasteiger partial charge in [0.1, 0.15) is 17.5 Å². The Bertz CT molecular complexity index is 882. The van der Waals surface area contributed by atoms with E-state index in [2.05, 4.69) is 58.4 Å². The van der Waals surface area contributed by atoms with Gasteiger partial charge in [-0.2, -0.15) is 0 Å². The SMILES string of the molecule is CC(Cc1ccc(N)nc1N)C(C(Cc1ccc(CO)nc1N)C(C)(C)C)C(C)(C)C. The van der Waals surface area contributed by atoms with Crippen molar-refractivity contribution < 1.29 is 5.11 Å². The number of hydrogen-bond acceptors (Lipinski definition) is 6. The molecule has 0 amide bonds. The van der Waals surface area contributed by atoms with E-state index < -0.39 is 0 Å². The van der Waals surface area contributed by atoms with Crippen LogP contribution in [0.2, 0.25) is 0 Å². The third-order valence-electron chi connectivity index (χ3n) is 6.41. The fourth-order valence-electron chi connectivity index (χ4n) is 5.04. The van der Waals surface area contributed by atoms with Gasteiger partial charge in [-0.1, -0.05) is 60.6 Å². The van der Waals surface area contributed by atoms with Crippen molar-refractivity contribution in [1.29, 1.82) is 0 Å². The number of nitrogens with zero attached hydrogens (tertiary/aromatic N) is 2. The van der Waals surface area contributed by atoms with E-state index in [1.54, 1.807) is 0 Å². The summed E-state index contributed by atoms with van der Waals surface area (Å²) < 4.78 is 0. The Hall–Kier alpha value is -2.34. The smallest absolute Gasteiger partial charge is 0.129 e. The summed E-state index contributed by atoms with van der Waals surface area (Å²) in [6, 6.07) is 7.69. The highest BCUT2D eigenvalue weighted by Gasteiger charge is 2.42. The Morgan fingerprint density at radius 3 is 1.84 bits per heavy atom. The van der Waals surface area contributed by atoms with E-state index >= 15 is 0 Å². The van der Waals surface area contributed by atoms with Gasteiger partial charge in [-0.05, 0) is 64.7 Å². The average molecular weight is 428 g/mol. The quantitative estimate of drug-likeness (QED) is 0.517. The maximum Gasteiger partial charge on any atom is 0.129 e. The second-order valence-electron chi connectivity index (χ2n) is 11.0. The van der Waals surface area contributed by atoms with E-state index in [1.165, 1.54) is 0 Å². The molecule has 2 rings (SSSR count). The number of anilines is 3. The van der Waals surface area contributed by atoms with Gasteiger partial charge in [0.15, 0.2) is 0 Å². The third-order valence-corrected chi connectivity index (χ3v) is 6.41. The van der Waals surface area contributed by atoms with Gasteiger partial charge in [0.05, 0.1) is 12.3 Å². The van der Waals surface area contributed by atoms with E-state index in [4.69, 9.17) is 17.2 Å². The molecule has 0 saturated heterocycles. The zero-order valence-electron chi connectivity index (χ0n) is 20.2. The predicted octanol–water partition coefficient (Wildman–Crippen LogP) is 4.46. The van der Waals surface area contributed by atoms with Crippen LogP contribution in [0.5, 0.6) is 0 Å². The monoisotopic (exact) mass is 427 g/mol. The molecule has 2 heterocycles. The first-order valence-electron chi connectivity index (χ1n) is 11.1. The summed E-state index contributed by atoms with van der Waals surface area (Å²) in [6.07, 6.45) is 1.67. The number of hydrogen-bond donors (Lipinski definition) is 4. The van der Waals surface area contributed by atoms with Crippen LogP contribution in [-0.2, 0) is 19.4 Å². The fourth-order valence-corrected chi connectivity index (χ4v) is 5.04. The molecule has 0 fully saturated rings. The van der Waals surface area contributed by atoms with Gasteiger partial charge < -0.3 is 22.3 Å². The predicted molar refractivity (Wildman–Crippen MR) is 130 cm³/mol. The summed E-state index contributed by atoms with van der Waals surface area (Å²) >= 11 is 0. The Balaban J connectivity index is 2.43. The molecule has 0 aliphatic carbocycles. The molecule has 0 radical (unpaired) electrons. The molecule has 172 valence electrons. The lowest BCUT2D eigenvalue weighted by Gasteiger charge is -2.47. The van der Waals surface area contributed by atoms with Crippen LogP contribution >= 0.6 is 0 Å². The highest BCUT2D eigenvalue weighted by Crippen LogP contribution is 2.48. The zero-order valence-corrected chi connectivity index (χ0v) is 20.2. The number of nitrogen functional groups attached to an aromatic ring is 3. The topological polar surface area (TPSA) is 124 Å². The summed E-state index contributed by atoms with van der Waals surface area (Å²) in [4.78, 5) is 8.62. The van der Waals surface area contributed by atoms with E-state index in [1.807, 2.05) is 24.3 Å². The first-order chi connectivity index (χ1) is 14.2. The number of aliphatic hydroxyl groups is 1. The minimum atomic E-state index is -0.105. The number of aromatic nitrogens is 2. The molecule has 0 aliphatic rings. The first-order valence-corrected chi connectivity index (χ1v) is 11.1. The Morgan fingerprint density at radius 1 is 0.806 bits per heavy atom. The molecule has 31 heavy (non-hydrogen) atoms. The number of aliphatic hydroxyl groups excluding tert-OH is 1. The normalized spacial score (nSPS) is 15.5. The summed E-state index contributed by atoms with van der Waals surface area (Å²) in [5.41, 5.74) is 21.0. The van der Waals surface area contributed by atoms with Crippen molar-refractivity contribution >= 4 is 17.5 Å². The number of nitrogens with two attached hydrogens (primary N) is 3. The van der Waals surface area contributed by atoms with Gasteiger partial charge in [0.2, 0.25) is 0 Å². The Labute approximate surface area is 187 Å². The number of pyridine rings is 2. The summed E-state index contributed by atoms with van der Waals surface area (Å²) in [7, 11) is 0. The highest BCUT2D eigenvalue weighted by molar-refractivity contribution is 5.46. The Kier molecular flexibility index (Phi) is 7.58. The number of rotatable bonds is 7. The van der Waals surface area contributed by atoms with Crippen molar-refractivity contribution in [1.82, 2.24) is 9.97 Å². The lowest BCUT2D eigenvalue weighted by molar-refractivity contribution is 0.0302. The van der Waals surface area contributed by atoms with Crippen molar-refractivity contribution in [2.24, 2.45) is 28.6 Å². The van der Waals surface area contributed by atoms with Crippen LogP contribution in [0.4, 0.5) is 17.5 Å². The molecule has 7 N–H and O–H groups in total. The van der Waals surface area contributed by atoms with Crippen LogP contribution in [0.15, 0.2) is 24.3 Å². The van der Waals surface area contributed by atoms with Gasteiger partial charge in [-0.3, -0.25) is 0 Å². The van der Waals surface area contributed by atoms with Crippen LogP contribution in [0.25, 0.3) is 0 Å². The molecule has 0 spiro atoms. The lowest BCUT2D eigenvalue weighted by atomic mass is 9.58. The third kappa shape index (κ3) is 6.33. The average Bonchev–Trinajstić information content (AvgIpc) is 2.63. The van der Waals surface area contributed by atoms with Crippen molar-refractivity contribution in [3.8, 4) is 0 Å². The van der Waals surface area contributed by atoms with Crippen molar-refractivity contribution in [3.63, 3.8) is 0 Å². The zero-order chi connectivity index (χ0) is 23.6. The largest absolute Gasteiger partial charge is 0.390 e. The van der Waals surface area contributed by atoms with Crippen LogP contribution < -0.4 is 17.2 Å². The standard InChI is InChI=1S/C25H41N5O/c1-15(12-16-9-11-20(26)30-23(16)28)21(25(5,6)7)19(24(2,3)4)13-17-8-10-18(14-31)29-22(17)27/h8-11,15,19,21,31H,12-14H2,1-7H3,(H2,27,29)(H4,26,28,30). The minimum absolute atomic E-state index is 0.0548. The molecule has 6 nitrogen and oxygen atoms in total. The lowest BCUT2D eigenvalue weighted by Crippen LogP contribution is -2.42. The summed E-state index contributed by atoms with van der Waals surface area (Å²) in [5.74, 6) is 2.58. The van der Waals surface area contributed by atoms with E-state index in [0.717, 1.165) is 24.0 Å². The van der Waals surface area contributed by atoms with Gasteiger partial charge in [-0.15, -0.1) is 0 Å². The van der Waals surface area contributed by atoms with Crippen molar-refractivity contribution in [3.05, 3.63) is 41.1 Å². The summed E-state index contributed by atoms with van der Waals surface area (Å²) in [6.45, 7) is 16.0. The van der Waals surface area contributed by atoms with E-state index in [0.29, 0.717) is 40.9 Å². The van der Waals surface area contributed by atoms with Crippen molar-refractivity contribution in [2.75, 3.05) is 17.2 Å². The van der Waals surface area contributed by atoms with E-state index in [-0.39, 0.29) is 17.4 Å². The van der Waals surface area contributed by atoms with E-state index in [9.17, 15) is 5.11 Å². The van der Waals surface area contributed by atoms with Gasteiger partial charge >= 0.3 is 0 Å². The molecule has 0 aromatic carbocycles. The van der Waals surface area contributed by atoms with Gasteiger partial charge in [0.25, 0.3) is 0 Å². The van der Waals surface area contributed by atoms with Crippen molar-refractivity contribution in [2.45, 2.75) is 67.9 Å². The minimum Gasteiger partial charge on any atom is -0.390 e. The maximum atomic E-state index is 9.37. The molecule has 2 aromatic heterocycles. The fraction of sp³-hybridized carbons (Fsp3) is 0.600. The molecule has 3 unspecified atom stereocenters. The maximum absolute atomic E-state index is 9.37. The molecular weight excluding hydrogens is 386 g/mol. The van der Waals surface area contributed by atoms with Crippen LogP contribution in [0, 0.1) is 28.6 Å². The molecule has 0 saturated carbocycles. The van der Waals surface area contributed by atoms with Gasteiger partial charge in [-0.25, -0.2) is 9.97 Å². The molecule has 3 atom stereocenters. The molecule has 0 aliphatic heterocycles. The molecule has 0 bridgehead atoms. The second kappa shape index (κ2) is 9.43. The molecular formula is C25H41N5O. The Morgan fingerprint density at radius 2 is 1.35 bits per heavy atom. The van der Waals surface area contributed by atoms with Crippen LogP contribution in [0.3, 0.4) is 0 Å². The highest BCUT2D eigenvalue weighted by atomic mass is 16.3. The first kappa shape index (κ1) is 24.9. The second-order valence-corrected chi connectivity index (χ2v) is 11.0. The van der Waals surface area contributed by atoms with Gasteiger partial charge in [0, 0.05) is 0 Å². The van der Waals surface area contributed by atoms with Crippen LogP contribution in [0.1, 0.15) is 65.3 Å². The van der Waals surface area contributed by atoms with Crippen LogP contribution in [-0.4, -0.2) is 15.1 Å². The molecule has 6 heteroatoms. The summed E-state index contributed by atoms with van der Waals surface area (Å²) in [5, 5.41) is 9.37.